The van der Waals surface area contributed by atoms with Gasteiger partial charge in [-0.1, -0.05) is 29.4 Å². The number of aliphatic imine (C=N–C) groups is 1. The number of aromatic nitrogens is 3. The Morgan fingerprint density at radius 2 is 1.93 bits per heavy atom. The molecule has 0 atom stereocenters. The van der Waals surface area contributed by atoms with Gasteiger partial charge in [-0.05, 0) is 37.1 Å². The summed E-state index contributed by atoms with van der Waals surface area (Å²) >= 11 is 0. The summed E-state index contributed by atoms with van der Waals surface area (Å²) in [6.07, 6.45) is 2.80. The SMILES string of the molecule is CCNC(=NCCc1noc(-c2ccccn2)n1)NCCc1ccccc1F.I. The first-order valence-corrected chi connectivity index (χ1v) is 9.26. The first-order chi connectivity index (χ1) is 13.8. The zero-order chi connectivity index (χ0) is 19.6. The second-order valence-electron chi connectivity index (χ2n) is 6.01. The van der Waals surface area contributed by atoms with Crippen molar-refractivity contribution in [2.75, 3.05) is 19.6 Å². The van der Waals surface area contributed by atoms with Crippen LogP contribution < -0.4 is 10.6 Å². The summed E-state index contributed by atoms with van der Waals surface area (Å²) in [5.74, 6) is 1.46. The van der Waals surface area contributed by atoms with Gasteiger partial charge in [0.05, 0.1) is 0 Å². The Morgan fingerprint density at radius 3 is 2.69 bits per heavy atom. The minimum atomic E-state index is -0.188. The van der Waals surface area contributed by atoms with Gasteiger partial charge in [-0.2, -0.15) is 4.98 Å². The van der Waals surface area contributed by atoms with Crippen LogP contribution in [-0.4, -0.2) is 40.7 Å². The van der Waals surface area contributed by atoms with Gasteiger partial charge in [0.15, 0.2) is 11.8 Å². The monoisotopic (exact) mass is 510 g/mol. The number of hydrogen-bond donors (Lipinski definition) is 2. The van der Waals surface area contributed by atoms with Gasteiger partial charge >= 0.3 is 0 Å². The molecule has 0 unspecified atom stereocenters. The third-order valence-corrected chi connectivity index (χ3v) is 3.95. The van der Waals surface area contributed by atoms with E-state index in [1.54, 1.807) is 18.3 Å². The number of guanidine groups is 1. The Hall–Kier alpha value is -2.56. The first-order valence-electron chi connectivity index (χ1n) is 9.26. The Morgan fingerprint density at radius 1 is 1.10 bits per heavy atom. The second-order valence-corrected chi connectivity index (χ2v) is 6.01. The predicted octanol–water partition coefficient (Wildman–Crippen LogP) is 3.23. The number of benzene rings is 1. The normalized spacial score (nSPS) is 11.0. The van der Waals surface area contributed by atoms with Crippen molar-refractivity contribution in [3.05, 3.63) is 65.9 Å². The van der Waals surface area contributed by atoms with E-state index in [9.17, 15) is 4.39 Å². The van der Waals surface area contributed by atoms with Crippen molar-refractivity contribution in [1.82, 2.24) is 25.8 Å². The fourth-order valence-corrected chi connectivity index (χ4v) is 2.57. The molecule has 2 aromatic heterocycles. The molecular formula is C20H24FIN6O. The van der Waals surface area contributed by atoms with Gasteiger partial charge in [-0.15, -0.1) is 24.0 Å². The predicted molar refractivity (Wildman–Crippen MR) is 121 cm³/mol. The summed E-state index contributed by atoms with van der Waals surface area (Å²) in [5.41, 5.74) is 1.33. The van der Waals surface area contributed by atoms with Crippen molar-refractivity contribution in [2.45, 2.75) is 19.8 Å². The van der Waals surface area contributed by atoms with E-state index < -0.39 is 0 Å². The molecule has 0 saturated heterocycles. The highest BCUT2D eigenvalue weighted by Gasteiger charge is 2.09. The first kappa shape index (κ1) is 22.7. The Labute approximate surface area is 186 Å². The topological polar surface area (TPSA) is 88.2 Å². The maximum atomic E-state index is 13.7. The summed E-state index contributed by atoms with van der Waals surface area (Å²) < 4.78 is 18.9. The standard InChI is InChI=1S/C20H23FN6O.HI/c1-2-22-20(24-13-10-15-7-3-4-8-16(15)21)25-14-11-18-26-19(28-27-18)17-9-5-6-12-23-17;/h3-9,12H,2,10-11,13-14H2,1H3,(H2,22,24,25);1H. The molecule has 3 rings (SSSR count). The Balaban J connectivity index is 0.00000300. The zero-order valence-corrected chi connectivity index (χ0v) is 18.5. The molecule has 154 valence electrons. The van der Waals surface area contributed by atoms with Crippen LogP contribution in [0.2, 0.25) is 0 Å². The summed E-state index contributed by atoms with van der Waals surface area (Å²) in [5, 5.41) is 10.4. The summed E-state index contributed by atoms with van der Waals surface area (Å²) in [7, 11) is 0. The van der Waals surface area contributed by atoms with Crippen LogP contribution in [-0.2, 0) is 12.8 Å². The van der Waals surface area contributed by atoms with E-state index in [0.29, 0.717) is 54.9 Å². The highest BCUT2D eigenvalue weighted by Crippen LogP contribution is 2.13. The molecule has 0 aliphatic rings. The zero-order valence-electron chi connectivity index (χ0n) is 16.1. The molecule has 0 aliphatic carbocycles. The lowest BCUT2D eigenvalue weighted by molar-refractivity contribution is 0.421. The van der Waals surface area contributed by atoms with Crippen LogP contribution in [0.25, 0.3) is 11.6 Å². The van der Waals surface area contributed by atoms with Crippen LogP contribution in [0, 0.1) is 5.82 Å². The summed E-state index contributed by atoms with van der Waals surface area (Å²) in [6.45, 7) is 3.80. The molecule has 0 fully saturated rings. The molecule has 0 saturated carbocycles. The average molecular weight is 510 g/mol. The Bertz CT molecular complexity index is 903. The van der Waals surface area contributed by atoms with E-state index in [1.807, 2.05) is 31.2 Å². The fraction of sp³-hybridized carbons (Fsp3) is 0.300. The van der Waals surface area contributed by atoms with Crippen LogP contribution in [0.15, 0.2) is 58.2 Å². The van der Waals surface area contributed by atoms with E-state index >= 15 is 0 Å². The highest BCUT2D eigenvalue weighted by molar-refractivity contribution is 14.0. The van der Waals surface area contributed by atoms with Gasteiger partial charge in [0, 0.05) is 32.3 Å². The quantitative estimate of drug-likeness (QED) is 0.275. The lowest BCUT2D eigenvalue weighted by Gasteiger charge is -2.11. The van der Waals surface area contributed by atoms with Crippen LogP contribution in [0.1, 0.15) is 18.3 Å². The molecule has 2 N–H and O–H groups in total. The highest BCUT2D eigenvalue weighted by atomic mass is 127. The van der Waals surface area contributed by atoms with E-state index in [-0.39, 0.29) is 29.8 Å². The summed E-state index contributed by atoms with van der Waals surface area (Å²) in [4.78, 5) is 13.0. The Kier molecular flexibility index (Phi) is 9.48. The van der Waals surface area contributed by atoms with Gasteiger partial charge in [0.1, 0.15) is 11.5 Å². The number of pyridine rings is 1. The third kappa shape index (κ3) is 7.08. The van der Waals surface area contributed by atoms with E-state index in [4.69, 9.17) is 4.52 Å². The largest absolute Gasteiger partial charge is 0.357 e. The maximum Gasteiger partial charge on any atom is 0.276 e. The van der Waals surface area contributed by atoms with Crippen LogP contribution in [0.5, 0.6) is 0 Å². The van der Waals surface area contributed by atoms with E-state index in [2.05, 4.69) is 30.8 Å². The molecule has 29 heavy (non-hydrogen) atoms. The second kappa shape index (κ2) is 12.1. The van der Waals surface area contributed by atoms with Crippen molar-refractivity contribution in [1.29, 1.82) is 0 Å². The molecule has 0 aliphatic heterocycles. The van der Waals surface area contributed by atoms with Crippen LogP contribution >= 0.6 is 24.0 Å². The fourth-order valence-electron chi connectivity index (χ4n) is 2.57. The number of nitrogens with one attached hydrogen (secondary N) is 2. The molecule has 0 radical (unpaired) electrons. The molecule has 3 aromatic rings. The number of halogens is 2. The van der Waals surface area contributed by atoms with Crippen LogP contribution in [0.4, 0.5) is 4.39 Å². The lowest BCUT2D eigenvalue weighted by Crippen LogP contribution is -2.38. The van der Waals surface area contributed by atoms with Crippen LogP contribution in [0.3, 0.4) is 0 Å². The molecule has 2 heterocycles. The van der Waals surface area contributed by atoms with Crippen molar-refractivity contribution in [3.63, 3.8) is 0 Å². The van der Waals surface area contributed by atoms with Gasteiger partial charge in [0.2, 0.25) is 0 Å². The number of nitrogens with zero attached hydrogens (tertiary/aromatic N) is 4. The van der Waals surface area contributed by atoms with Crippen molar-refractivity contribution in [3.8, 4) is 11.6 Å². The van der Waals surface area contributed by atoms with Crippen molar-refractivity contribution < 1.29 is 8.91 Å². The molecule has 0 bridgehead atoms. The smallest absolute Gasteiger partial charge is 0.276 e. The summed E-state index contributed by atoms with van der Waals surface area (Å²) in [6, 6.07) is 12.3. The van der Waals surface area contributed by atoms with Crippen molar-refractivity contribution >= 4 is 29.9 Å². The molecule has 0 amide bonds. The average Bonchev–Trinajstić information content (AvgIpc) is 3.19. The van der Waals surface area contributed by atoms with E-state index in [1.165, 1.54) is 6.07 Å². The molecular weight excluding hydrogens is 486 g/mol. The van der Waals surface area contributed by atoms with Gasteiger partial charge in [0.25, 0.3) is 5.89 Å². The minimum absolute atomic E-state index is 0. The molecule has 1 aromatic carbocycles. The maximum absolute atomic E-state index is 13.7. The van der Waals surface area contributed by atoms with Gasteiger partial charge < -0.3 is 15.2 Å². The van der Waals surface area contributed by atoms with E-state index in [0.717, 1.165) is 6.54 Å². The number of hydrogen-bond acceptors (Lipinski definition) is 5. The minimum Gasteiger partial charge on any atom is -0.357 e. The molecule has 9 heteroatoms. The number of rotatable bonds is 8. The lowest BCUT2D eigenvalue weighted by atomic mass is 10.1. The molecule has 7 nitrogen and oxygen atoms in total. The van der Waals surface area contributed by atoms with Crippen molar-refractivity contribution in [2.24, 2.45) is 4.99 Å². The van der Waals surface area contributed by atoms with Gasteiger partial charge in [-0.25, -0.2) is 4.39 Å². The van der Waals surface area contributed by atoms with Gasteiger partial charge in [-0.3, -0.25) is 9.98 Å². The third-order valence-electron chi connectivity index (χ3n) is 3.95. The molecule has 0 spiro atoms.